The zero-order valence-corrected chi connectivity index (χ0v) is 14.5. The second kappa shape index (κ2) is 6.96. The molecule has 0 aromatic heterocycles. The van der Waals surface area contributed by atoms with Crippen molar-refractivity contribution in [1.29, 1.82) is 0 Å². The number of phenolic OH excluding ortho intramolecular Hbond substituents is 1. The van der Waals surface area contributed by atoms with Gasteiger partial charge in [-0.15, -0.1) is 0 Å². The van der Waals surface area contributed by atoms with Gasteiger partial charge in [0.25, 0.3) is 0 Å². The minimum absolute atomic E-state index is 0.00861. The minimum Gasteiger partial charge on any atom is -0.508 e. The van der Waals surface area contributed by atoms with E-state index in [1.807, 2.05) is 42.5 Å². The molecule has 2 aromatic carbocycles. The van der Waals surface area contributed by atoms with Gasteiger partial charge in [0.15, 0.2) is 0 Å². The molecule has 0 saturated heterocycles. The molecule has 0 amide bonds. The SMILES string of the molecule is CN(C)CC1CCCC(c2cccc(O)c2)C1(O)c1ccccc1. The number of benzene rings is 2. The molecule has 128 valence electrons. The van der Waals surface area contributed by atoms with Gasteiger partial charge < -0.3 is 15.1 Å². The molecule has 1 aliphatic rings. The van der Waals surface area contributed by atoms with E-state index in [4.69, 9.17) is 0 Å². The highest BCUT2D eigenvalue weighted by Gasteiger charge is 2.48. The molecule has 3 unspecified atom stereocenters. The standard InChI is InChI=1S/C21H27NO2/c1-22(2)15-18-11-7-13-20(16-8-6-12-19(23)14-16)21(18,24)17-9-4-3-5-10-17/h3-6,8-10,12,14,18,20,23-24H,7,11,13,15H2,1-2H3. The average Bonchev–Trinajstić information content (AvgIpc) is 2.57. The third kappa shape index (κ3) is 3.19. The average molecular weight is 325 g/mol. The van der Waals surface area contributed by atoms with Crippen LogP contribution in [0.15, 0.2) is 54.6 Å². The van der Waals surface area contributed by atoms with Crippen molar-refractivity contribution in [2.75, 3.05) is 20.6 Å². The van der Waals surface area contributed by atoms with Crippen LogP contribution in [0.3, 0.4) is 0 Å². The molecule has 3 nitrogen and oxygen atoms in total. The number of hydrogen-bond acceptors (Lipinski definition) is 3. The Morgan fingerprint density at radius 2 is 1.79 bits per heavy atom. The number of aliphatic hydroxyl groups is 1. The Hall–Kier alpha value is -1.84. The first-order chi connectivity index (χ1) is 11.5. The Bertz CT molecular complexity index is 671. The topological polar surface area (TPSA) is 43.7 Å². The van der Waals surface area contributed by atoms with E-state index in [0.717, 1.165) is 36.9 Å². The highest BCUT2D eigenvalue weighted by Crippen LogP contribution is 2.51. The zero-order valence-electron chi connectivity index (χ0n) is 14.5. The predicted molar refractivity (Wildman–Crippen MR) is 97.1 cm³/mol. The molecule has 0 heterocycles. The van der Waals surface area contributed by atoms with Gasteiger partial charge in [-0.25, -0.2) is 0 Å². The molecule has 2 aromatic rings. The van der Waals surface area contributed by atoms with E-state index >= 15 is 0 Å². The second-order valence-electron chi connectivity index (χ2n) is 7.23. The first kappa shape index (κ1) is 17.0. The fraction of sp³-hybridized carbons (Fsp3) is 0.429. The number of rotatable bonds is 4. The smallest absolute Gasteiger partial charge is 0.115 e. The van der Waals surface area contributed by atoms with E-state index in [1.165, 1.54) is 0 Å². The highest BCUT2D eigenvalue weighted by molar-refractivity contribution is 5.36. The van der Waals surface area contributed by atoms with Crippen LogP contribution in [0.4, 0.5) is 0 Å². The van der Waals surface area contributed by atoms with Crippen LogP contribution >= 0.6 is 0 Å². The fourth-order valence-electron chi connectivity index (χ4n) is 4.27. The third-order valence-corrected chi connectivity index (χ3v) is 5.29. The van der Waals surface area contributed by atoms with Gasteiger partial charge in [-0.2, -0.15) is 0 Å². The van der Waals surface area contributed by atoms with Crippen LogP contribution in [-0.2, 0) is 5.60 Å². The first-order valence-electron chi connectivity index (χ1n) is 8.73. The Kier molecular flexibility index (Phi) is 4.93. The summed E-state index contributed by atoms with van der Waals surface area (Å²) in [4.78, 5) is 2.16. The summed E-state index contributed by atoms with van der Waals surface area (Å²) in [6.45, 7) is 0.848. The lowest BCUT2D eigenvalue weighted by atomic mass is 9.63. The summed E-state index contributed by atoms with van der Waals surface area (Å²) in [7, 11) is 4.12. The predicted octanol–water partition coefficient (Wildman–Crippen LogP) is 3.73. The Labute approximate surface area is 144 Å². The lowest BCUT2D eigenvalue weighted by Crippen LogP contribution is -2.47. The fourth-order valence-corrected chi connectivity index (χ4v) is 4.27. The molecule has 3 rings (SSSR count). The molecule has 24 heavy (non-hydrogen) atoms. The van der Waals surface area contributed by atoms with E-state index in [2.05, 4.69) is 19.0 Å². The maximum atomic E-state index is 11.9. The van der Waals surface area contributed by atoms with Crippen LogP contribution in [0, 0.1) is 5.92 Å². The molecular weight excluding hydrogens is 298 g/mol. The van der Waals surface area contributed by atoms with E-state index in [-0.39, 0.29) is 17.6 Å². The summed E-state index contributed by atoms with van der Waals surface area (Å²) in [5.74, 6) is 0.416. The van der Waals surface area contributed by atoms with E-state index < -0.39 is 5.60 Å². The number of nitrogens with zero attached hydrogens (tertiary/aromatic N) is 1. The van der Waals surface area contributed by atoms with Crippen molar-refractivity contribution in [2.45, 2.75) is 30.8 Å². The summed E-state index contributed by atoms with van der Waals surface area (Å²) >= 11 is 0. The van der Waals surface area contributed by atoms with Gasteiger partial charge >= 0.3 is 0 Å². The van der Waals surface area contributed by atoms with Crippen molar-refractivity contribution in [3.8, 4) is 5.75 Å². The molecule has 1 aliphatic carbocycles. The largest absolute Gasteiger partial charge is 0.508 e. The van der Waals surface area contributed by atoms with E-state index in [0.29, 0.717) is 0 Å². The van der Waals surface area contributed by atoms with Crippen molar-refractivity contribution in [2.24, 2.45) is 5.92 Å². The minimum atomic E-state index is -0.919. The van der Waals surface area contributed by atoms with Crippen molar-refractivity contribution < 1.29 is 10.2 Å². The summed E-state index contributed by atoms with van der Waals surface area (Å²) in [5.41, 5.74) is 1.08. The molecule has 2 N–H and O–H groups in total. The van der Waals surface area contributed by atoms with Crippen LogP contribution < -0.4 is 0 Å². The molecule has 0 bridgehead atoms. The van der Waals surface area contributed by atoms with Gasteiger partial charge in [-0.05, 0) is 50.2 Å². The van der Waals surface area contributed by atoms with Crippen molar-refractivity contribution in [3.05, 3.63) is 65.7 Å². The Morgan fingerprint density at radius 3 is 2.46 bits per heavy atom. The van der Waals surface area contributed by atoms with Gasteiger partial charge in [-0.1, -0.05) is 48.9 Å². The summed E-state index contributed by atoms with van der Waals surface area (Å²) < 4.78 is 0. The Morgan fingerprint density at radius 1 is 1.04 bits per heavy atom. The first-order valence-corrected chi connectivity index (χ1v) is 8.73. The molecular formula is C21H27NO2. The van der Waals surface area contributed by atoms with Crippen LogP contribution in [0.5, 0.6) is 5.75 Å². The molecule has 1 saturated carbocycles. The van der Waals surface area contributed by atoms with Crippen LogP contribution in [0.2, 0.25) is 0 Å². The normalized spacial score (nSPS) is 27.3. The quantitative estimate of drug-likeness (QED) is 0.900. The molecule has 0 radical (unpaired) electrons. The summed E-state index contributed by atoms with van der Waals surface area (Å²) in [6.07, 6.45) is 3.03. The zero-order chi connectivity index (χ0) is 17.2. The maximum absolute atomic E-state index is 11.9. The van der Waals surface area contributed by atoms with Gasteiger partial charge in [0.05, 0.1) is 0 Å². The number of phenols is 1. The second-order valence-corrected chi connectivity index (χ2v) is 7.23. The van der Waals surface area contributed by atoms with Crippen molar-refractivity contribution in [1.82, 2.24) is 4.90 Å². The monoisotopic (exact) mass is 325 g/mol. The highest BCUT2D eigenvalue weighted by atomic mass is 16.3. The lowest BCUT2D eigenvalue weighted by molar-refractivity contribution is -0.0803. The van der Waals surface area contributed by atoms with Crippen LogP contribution in [0.25, 0.3) is 0 Å². The third-order valence-electron chi connectivity index (χ3n) is 5.29. The lowest BCUT2D eigenvalue weighted by Gasteiger charge is -2.47. The van der Waals surface area contributed by atoms with Crippen LogP contribution in [-0.4, -0.2) is 35.8 Å². The molecule has 1 fully saturated rings. The van der Waals surface area contributed by atoms with Gasteiger partial charge in [0, 0.05) is 18.4 Å². The molecule has 0 aliphatic heterocycles. The number of aromatic hydroxyl groups is 1. The Balaban J connectivity index is 2.08. The maximum Gasteiger partial charge on any atom is 0.115 e. The molecule has 3 atom stereocenters. The van der Waals surface area contributed by atoms with Gasteiger partial charge in [0.1, 0.15) is 11.4 Å². The van der Waals surface area contributed by atoms with Crippen LogP contribution in [0.1, 0.15) is 36.3 Å². The van der Waals surface area contributed by atoms with Gasteiger partial charge in [0.2, 0.25) is 0 Å². The van der Waals surface area contributed by atoms with Gasteiger partial charge in [-0.3, -0.25) is 0 Å². The molecule has 3 heteroatoms. The summed E-state index contributed by atoms with van der Waals surface area (Å²) in [5, 5.41) is 21.9. The summed E-state index contributed by atoms with van der Waals surface area (Å²) in [6, 6.07) is 17.4. The molecule has 0 spiro atoms. The van der Waals surface area contributed by atoms with Crippen molar-refractivity contribution >= 4 is 0 Å². The number of hydrogen-bond donors (Lipinski definition) is 2. The van der Waals surface area contributed by atoms with E-state index in [9.17, 15) is 10.2 Å². The van der Waals surface area contributed by atoms with E-state index in [1.54, 1.807) is 12.1 Å². The van der Waals surface area contributed by atoms with Crippen molar-refractivity contribution in [3.63, 3.8) is 0 Å².